The summed E-state index contributed by atoms with van der Waals surface area (Å²) in [5.74, 6) is 1.46. The number of hydrogen-bond acceptors (Lipinski definition) is 6. The van der Waals surface area contributed by atoms with Gasteiger partial charge < -0.3 is 24.4 Å². The highest BCUT2D eigenvalue weighted by Crippen LogP contribution is 2.31. The zero-order chi connectivity index (χ0) is 20.1. The van der Waals surface area contributed by atoms with Crippen molar-refractivity contribution in [2.45, 2.75) is 32.5 Å². The number of carbonyl (C=O) groups is 2. The van der Waals surface area contributed by atoms with Crippen LogP contribution in [0.2, 0.25) is 0 Å². The summed E-state index contributed by atoms with van der Waals surface area (Å²) in [4.78, 5) is 28.0. The third-order valence-electron chi connectivity index (χ3n) is 4.54. The first-order chi connectivity index (χ1) is 13.3. The molecule has 0 bridgehead atoms. The Hall–Kier alpha value is -2.48. The molecule has 1 atom stereocenters. The summed E-state index contributed by atoms with van der Waals surface area (Å²) >= 11 is 0. The number of carbonyl (C=O) groups excluding carboxylic acids is 2. The van der Waals surface area contributed by atoms with Crippen molar-refractivity contribution in [2.75, 3.05) is 45.9 Å². The second kappa shape index (κ2) is 8.68. The van der Waals surface area contributed by atoms with Gasteiger partial charge >= 0.3 is 6.09 Å². The van der Waals surface area contributed by atoms with Crippen LogP contribution < -0.4 is 14.8 Å². The summed E-state index contributed by atoms with van der Waals surface area (Å²) in [6.45, 7) is 9.36. The van der Waals surface area contributed by atoms with E-state index in [0.29, 0.717) is 19.7 Å². The summed E-state index contributed by atoms with van der Waals surface area (Å²) in [6, 6.07) is 7.67. The monoisotopic (exact) mass is 391 g/mol. The molecule has 8 nitrogen and oxygen atoms in total. The van der Waals surface area contributed by atoms with Crippen molar-refractivity contribution in [1.82, 2.24) is 15.1 Å². The number of hydrogen-bond donors (Lipinski definition) is 1. The largest absolute Gasteiger partial charge is 0.486 e. The number of fused-ring (bicyclic) bond motifs is 1. The summed E-state index contributed by atoms with van der Waals surface area (Å²) < 4.78 is 16.9. The Bertz CT molecular complexity index is 695. The van der Waals surface area contributed by atoms with Gasteiger partial charge in [0.05, 0.1) is 0 Å². The average Bonchev–Trinajstić information content (AvgIpc) is 2.65. The van der Waals surface area contributed by atoms with Crippen molar-refractivity contribution < 1.29 is 23.8 Å². The molecule has 0 radical (unpaired) electrons. The first kappa shape index (κ1) is 20.3. The molecule has 1 saturated heterocycles. The van der Waals surface area contributed by atoms with Crippen LogP contribution in [0.4, 0.5) is 4.79 Å². The highest BCUT2D eigenvalue weighted by atomic mass is 16.6. The second-order valence-corrected chi connectivity index (χ2v) is 8.03. The van der Waals surface area contributed by atoms with Crippen molar-refractivity contribution in [2.24, 2.45) is 0 Å². The second-order valence-electron chi connectivity index (χ2n) is 8.03. The van der Waals surface area contributed by atoms with Gasteiger partial charge in [0.15, 0.2) is 11.5 Å². The van der Waals surface area contributed by atoms with E-state index in [9.17, 15) is 9.59 Å². The molecule has 1 N–H and O–H groups in total. The van der Waals surface area contributed by atoms with E-state index in [4.69, 9.17) is 14.2 Å². The molecule has 1 fully saturated rings. The van der Waals surface area contributed by atoms with Crippen molar-refractivity contribution in [3.63, 3.8) is 0 Å². The van der Waals surface area contributed by atoms with E-state index in [-0.39, 0.29) is 18.6 Å². The van der Waals surface area contributed by atoms with Crippen LogP contribution in [0.3, 0.4) is 0 Å². The fourth-order valence-corrected chi connectivity index (χ4v) is 3.19. The highest BCUT2D eigenvalue weighted by Gasteiger charge is 2.27. The first-order valence-corrected chi connectivity index (χ1v) is 9.65. The lowest BCUT2D eigenvalue weighted by Gasteiger charge is -2.37. The lowest BCUT2D eigenvalue weighted by molar-refractivity contribution is -0.132. The topological polar surface area (TPSA) is 80.3 Å². The Kier molecular flexibility index (Phi) is 6.28. The van der Waals surface area contributed by atoms with Crippen LogP contribution >= 0.6 is 0 Å². The number of alkyl carbamates (subject to hydrolysis) is 1. The minimum atomic E-state index is -0.579. The van der Waals surface area contributed by atoms with Gasteiger partial charge in [0.1, 0.15) is 24.9 Å². The van der Waals surface area contributed by atoms with Gasteiger partial charge in [0.2, 0.25) is 5.91 Å². The Labute approximate surface area is 165 Å². The molecular formula is C20H29N3O5. The smallest absolute Gasteiger partial charge is 0.408 e. The van der Waals surface area contributed by atoms with E-state index in [1.165, 1.54) is 0 Å². The number of benzene rings is 1. The molecule has 2 heterocycles. The van der Waals surface area contributed by atoms with Gasteiger partial charge in [-0.25, -0.2) is 4.79 Å². The van der Waals surface area contributed by atoms with E-state index in [0.717, 1.165) is 31.1 Å². The average molecular weight is 391 g/mol. The molecular weight excluding hydrogens is 362 g/mol. The standard InChI is InChI=1S/C20H29N3O5/c1-20(2,3)28-19(25)21-12-18(24)23-10-8-22(9-11-23)13-15-14-26-16-6-4-5-7-17(16)27-15/h4-7,15H,8-14H2,1-3H3,(H,21,25). The number of rotatable bonds is 4. The third kappa shape index (κ3) is 5.76. The van der Waals surface area contributed by atoms with Crippen LogP contribution in [0.15, 0.2) is 24.3 Å². The van der Waals surface area contributed by atoms with Crippen molar-refractivity contribution >= 4 is 12.0 Å². The summed E-state index contributed by atoms with van der Waals surface area (Å²) in [5, 5.41) is 2.52. The van der Waals surface area contributed by atoms with Gasteiger partial charge in [-0.1, -0.05) is 12.1 Å². The predicted octanol–water partition coefficient (Wildman–Crippen LogP) is 1.50. The number of nitrogens with zero attached hydrogens (tertiary/aromatic N) is 2. The van der Waals surface area contributed by atoms with Crippen LogP contribution in [-0.4, -0.2) is 79.4 Å². The quantitative estimate of drug-likeness (QED) is 0.838. The van der Waals surface area contributed by atoms with Gasteiger partial charge in [-0.2, -0.15) is 0 Å². The number of nitrogens with one attached hydrogen (secondary N) is 1. The SMILES string of the molecule is CC(C)(C)OC(=O)NCC(=O)N1CCN(CC2COc3ccccc3O2)CC1. The molecule has 0 saturated carbocycles. The maximum absolute atomic E-state index is 12.3. The van der Waals surface area contributed by atoms with E-state index >= 15 is 0 Å². The van der Waals surface area contributed by atoms with Crippen molar-refractivity contribution in [3.8, 4) is 11.5 Å². The molecule has 0 spiro atoms. The summed E-state index contributed by atoms with van der Waals surface area (Å²) in [5.41, 5.74) is -0.579. The van der Waals surface area contributed by atoms with Crippen LogP contribution in [0.5, 0.6) is 11.5 Å². The zero-order valence-electron chi connectivity index (χ0n) is 16.8. The Morgan fingerprint density at radius 1 is 1.14 bits per heavy atom. The van der Waals surface area contributed by atoms with Crippen molar-refractivity contribution in [1.29, 1.82) is 0 Å². The van der Waals surface area contributed by atoms with Gasteiger partial charge in [0, 0.05) is 32.7 Å². The Morgan fingerprint density at radius 2 is 1.82 bits per heavy atom. The maximum atomic E-state index is 12.3. The van der Waals surface area contributed by atoms with Crippen molar-refractivity contribution in [3.05, 3.63) is 24.3 Å². The first-order valence-electron chi connectivity index (χ1n) is 9.65. The molecule has 3 rings (SSSR count). The molecule has 1 aromatic carbocycles. The van der Waals surface area contributed by atoms with Crippen LogP contribution in [0, 0.1) is 0 Å². The molecule has 2 aliphatic heterocycles. The fraction of sp³-hybridized carbons (Fsp3) is 0.600. The normalized spacial score (nSPS) is 19.8. The zero-order valence-corrected chi connectivity index (χ0v) is 16.8. The molecule has 8 heteroatoms. The minimum absolute atomic E-state index is 0.0222. The van der Waals surface area contributed by atoms with Gasteiger partial charge in [-0.3, -0.25) is 9.69 Å². The van der Waals surface area contributed by atoms with Crippen LogP contribution in [0.1, 0.15) is 20.8 Å². The molecule has 0 aliphatic carbocycles. The molecule has 1 unspecified atom stereocenters. The van der Waals surface area contributed by atoms with Crippen LogP contribution in [0.25, 0.3) is 0 Å². The summed E-state index contributed by atoms with van der Waals surface area (Å²) in [7, 11) is 0. The number of piperazine rings is 1. The van der Waals surface area contributed by atoms with Gasteiger partial charge in [0.25, 0.3) is 0 Å². The molecule has 28 heavy (non-hydrogen) atoms. The molecule has 0 aromatic heterocycles. The molecule has 2 aliphatic rings. The molecule has 1 aromatic rings. The maximum Gasteiger partial charge on any atom is 0.408 e. The Balaban J connectivity index is 1.38. The predicted molar refractivity (Wildman–Crippen MR) is 104 cm³/mol. The molecule has 154 valence electrons. The van der Waals surface area contributed by atoms with Crippen LogP contribution in [-0.2, 0) is 9.53 Å². The van der Waals surface area contributed by atoms with E-state index in [1.54, 1.807) is 25.7 Å². The number of para-hydroxylation sites is 2. The lowest BCUT2D eigenvalue weighted by atomic mass is 10.2. The van der Waals surface area contributed by atoms with E-state index in [2.05, 4.69) is 10.2 Å². The van der Waals surface area contributed by atoms with Gasteiger partial charge in [-0.15, -0.1) is 0 Å². The van der Waals surface area contributed by atoms with Gasteiger partial charge in [-0.05, 0) is 32.9 Å². The fourth-order valence-electron chi connectivity index (χ4n) is 3.19. The highest BCUT2D eigenvalue weighted by molar-refractivity contribution is 5.82. The van der Waals surface area contributed by atoms with E-state index in [1.807, 2.05) is 24.3 Å². The number of ether oxygens (including phenoxy) is 3. The summed E-state index contributed by atoms with van der Waals surface area (Å²) in [6.07, 6.45) is -0.597. The lowest BCUT2D eigenvalue weighted by Crippen LogP contribution is -2.53. The Morgan fingerprint density at radius 3 is 2.50 bits per heavy atom. The minimum Gasteiger partial charge on any atom is -0.486 e. The van der Waals surface area contributed by atoms with E-state index < -0.39 is 11.7 Å². The number of amides is 2. The third-order valence-corrected chi connectivity index (χ3v) is 4.54. The molecule has 2 amide bonds.